The van der Waals surface area contributed by atoms with E-state index >= 15 is 0 Å². The highest BCUT2D eigenvalue weighted by atomic mass is 16.5. The molecular weight excluding hydrogens is 280 g/mol. The molecule has 5 nitrogen and oxygen atoms in total. The third-order valence-corrected chi connectivity index (χ3v) is 3.60. The Bertz CT molecular complexity index is 604. The van der Waals surface area contributed by atoms with Crippen molar-refractivity contribution in [3.05, 3.63) is 60.4 Å². The Balaban J connectivity index is 1.56. The van der Waals surface area contributed by atoms with Gasteiger partial charge in [0.2, 0.25) is 0 Å². The molecule has 1 fully saturated rings. The van der Waals surface area contributed by atoms with Crippen molar-refractivity contribution in [2.24, 2.45) is 0 Å². The van der Waals surface area contributed by atoms with Gasteiger partial charge < -0.3 is 14.4 Å². The van der Waals surface area contributed by atoms with Crippen molar-refractivity contribution in [2.45, 2.75) is 6.10 Å². The van der Waals surface area contributed by atoms with Crippen molar-refractivity contribution in [1.82, 2.24) is 9.88 Å². The Kier molecular flexibility index (Phi) is 4.65. The fraction of sp³-hybridized carbons (Fsp3) is 0.294. The first-order valence-electron chi connectivity index (χ1n) is 7.30. The average Bonchev–Trinajstić information content (AvgIpc) is 2.61. The molecule has 2 heterocycles. The maximum atomic E-state index is 12.3. The van der Waals surface area contributed by atoms with Crippen LogP contribution in [-0.2, 0) is 9.53 Å². The van der Waals surface area contributed by atoms with Crippen molar-refractivity contribution in [1.29, 1.82) is 0 Å². The van der Waals surface area contributed by atoms with E-state index in [0.717, 1.165) is 5.56 Å². The minimum atomic E-state index is -0.0996. The van der Waals surface area contributed by atoms with Crippen LogP contribution in [0.4, 0.5) is 0 Å². The van der Waals surface area contributed by atoms with Crippen molar-refractivity contribution in [2.75, 3.05) is 26.3 Å². The van der Waals surface area contributed by atoms with Gasteiger partial charge in [-0.2, -0.15) is 0 Å². The van der Waals surface area contributed by atoms with Crippen LogP contribution in [0.15, 0.2) is 54.9 Å². The molecule has 0 bridgehead atoms. The SMILES string of the molecule is O=C(COc1ccccc1)N1CCO[C@H](c2ccncc2)C1. The zero-order chi connectivity index (χ0) is 15.2. The van der Waals surface area contributed by atoms with Gasteiger partial charge in [-0.15, -0.1) is 0 Å². The second-order valence-electron chi connectivity index (χ2n) is 5.08. The van der Waals surface area contributed by atoms with Crippen LogP contribution >= 0.6 is 0 Å². The Morgan fingerprint density at radius 2 is 2.00 bits per heavy atom. The summed E-state index contributed by atoms with van der Waals surface area (Å²) >= 11 is 0. The van der Waals surface area contributed by atoms with Crippen LogP contribution in [0.2, 0.25) is 0 Å². The maximum Gasteiger partial charge on any atom is 0.260 e. The molecule has 1 amide bonds. The summed E-state index contributed by atoms with van der Waals surface area (Å²) in [6.45, 7) is 1.72. The molecule has 1 saturated heterocycles. The van der Waals surface area contributed by atoms with Gasteiger partial charge in [0.05, 0.1) is 13.2 Å². The number of aromatic nitrogens is 1. The number of hydrogen-bond donors (Lipinski definition) is 0. The van der Waals surface area contributed by atoms with E-state index in [1.54, 1.807) is 17.3 Å². The summed E-state index contributed by atoms with van der Waals surface area (Å²) < 4.78 is 11.3. The fourth-order valence-electron chi connectivity index (χ4n) is 2.41. The van der Waals surface area contributed by atoms with Gasteiger partial charge in [0, 0.05) is 18.9 Å². The van der Waals surface area contributed by atoms with E-state index in [1.165, 1.54) is 0 Å². The Morgan fingerprint density at radius 3 is 2.77 bits per heavy atom. The second kappa shape index (κ2) is 7.04. The minimum Gasteiger partial charge on any atom is -0.484 e. The zero-order valence-electron chi connectivity index (χ0n) is 12.2. The molecule has 1 aliphatic rings. The molecule has 0 aliphatic carbocycles. The minimum absolute atomic E-state index is 0.0220. The quantitative estimate of drug-likeness (QED) is 0.867. The number of para-hydroxylation sites is 1. The Hall–Kier alpha value is -2.40. The van der Waals surface area contributed by atoms with Crippen LogP contribution in [-0.4, -0.2) is 42.1 Å². The van der Waals surface area contributed by atoms with E-state index in [2.05, 4.69) is 4.98 Å². The first-order valence-corrected chi connectivity index (χ1v) is 7.30. The molecule has 0 radical (unpaired) electrons. The van der Waals surface area contributed by atoms with Crippen molar-refractivity contribution in [3.8, 4) is 5.75 Å². The third kappa shape index (κ3) is 3.62. The lowest BCUT2D eigenvalue weighted by atomic mass is 10.1. The first kappa shape index (κ1) is 14.5. The van der Waals surface area contributed by atoms with E-state index in [-0.39, 0.29) is 18.6 Å². The predicted molar refractivity (Wildman–Crippen MR) is 81.4 cm³/mol. The summed E-state index contributed by atoms with van der Waals surface area (Å²) in [6.07, 6.45) is 3.37. The van der Waals surface area contributed by atoms with Crippen LogP contribution < -0.4 is 4.74 Å². The molecule has 1 aliphatic heterocycles. The number of pyridine rings is 1. The van der Waals surface area contributed by atoms with E-state index in [9.17, 15) is 4.79 Å². The summed E-state index contributed by atoms with van der Waals surface area (Å²) in [5.74, 6) is 0.681. The van der Waals surface area contributed by atoms with E-state index < -0.39 is 0 Å². The topological polar surface area (TPSA) is 51.7 Å². The lowest BCUT2D eigenvalue weighted by Crippen LogP contribution is -2.44. The summed E-state index contributed by atoms with van der Waals surface area (Å²) in [4.78, 5) is 18.1. The molecule has 22 heavy (non-hydrogen) atoms. The number of amides is 1. The monoisotopic (exact) mass is 298 g/mol. The molecule has 0 spiro atoms. The van der Waals surface area contributed by atoms with Gasteiger partial charge in [-0.3, -0.25) is 9.78 Å². The highest BCUT2D eigenvalue weighted by Crippen LogP contribution is 2.21. The third-order valence-electron chi connectivity index (χ3n) is 3.60. The zero-order valence-corrected chi connectivity index (χ0v) is 12.2. The van der Waals surface area contributed by atoms with Crippen molar-refractivity contribution in [3.63, 3.8) is 0 Å². The van der Waals surface area contributed by atoms with Gasteiger partial charge in [-0.1, -0.05) is 18.2 Å². The van der Waals surface area contributed by atoms with Crippen molar-refractivity contribution >= 4 is 5.91 Å². The van der Waals surface area contributed by atoms with Crippen LogP contribution in [0.3, 0.4) is 0 Å². The van der Waals surface area contributed by atoms with Crippen LogP contribution in [0.5, 0.6) is 5.75 Å². The summed E-state index contributed by atoms with van der Waals surface area (Å²) in [5.41, 5.74) is 1.04. The number of rotatable bonds is 4. The standard InChI is InChI=1S/C17H18N2O3/c20-17(13-22-15-4-2-1-3-5-15)19-10-11-21-16(12-19)14-6-8-18-9-7-14/h1-9,16H,10-13H2/t16-/m0/s1. The lowest BCUT2D eigenvalue weighted by Gasteiger charge is -2.33. The predicted octanol–water partition coefficient (Wildman–Crippen LogP) is 2.06. The molecule has 0 N–H and O–H groups in total. The maximum absolute atomic E-state index is 12.3. The summed E-state index contributed by atoms with van der Waals surface area (Å²) in [5, 5.41) is 0. The van der Waals surface area contributed by atoms with E-state index in [1.807, 2.05) is 42.5 Å². The Labute approximate surface area is 129 Å². The second-order valence-corrected chi connectivity index (χ2v) is 5.08. The number of hydrogen-bond acceptors (Lipinski definition) is 4. The van der Waals surface area contributed by atoms with Crippen LogP contribution in [0.1, 0.15) is 11.7 Å². The lowest BCUT2D eigenvalue weighted by molar-refractivity contribution is -0.141. The molecule has 1 aromatic carbocycles. The number of morpholine rings is 1. The molecule has 0 saturated carbocycles. The molecule has 0 unspecified atom stereocenters. The van der Waals surface area contributed by atoms with Gasteiger partial charge >= 0.3 is 0 Å². The summed E-state index contributed by atoms with van der Waals surface area (Å²) in [7, 11) is 0. The molecule has 2 aromatic rings. The molecule has 1 atom stereocenters. The Morgan fingerprint density at radius 1 is 1.23 bits per heavy atom. The highest BCUT2D eigenvalue weighted by molar-refractivity contribution is 5.78. The van der Waals surface area contributed by atoms with Crippen LogP contribution in [0.25, 0.3) is 0 Å². The van der Waals surface area contributed by atoms with Gasteiger partial charge in [0.1, 0.15) is 11.9 Å². The number of benzene rings is 1. The molecular formula is C17H18N2O3. The first-order chi connectivity index (χ1) is 10.8. The van der Waals surface area contributed by atoms with E-state index in [4.69, 9.17) is 9.47 Å². The molecule has 114 valence electrons. The van der Waals surface area contributed by atoms with Gasteiger partial charge in [0.15, 0.2) is 6.61 Å². The van der Waals surface area contributed by atoms with Gasteiger partial charge in [-0.25, -0.2) is 0 Å². The molecule has 5 heteroatoms. The number of carbonyl (C=O) groups excluding carboxylic acids is 1. The van der Waals surface area contributed by atoms with Crippen molar-refractivity contribution < 1.29 is 14.3 Å². The van der Waals surface area contributed by atoms with Gasteiger partial charge in [-0.05, 0) is 29.8 Å². The average molecular weight is 298 g/mol. The largest absolute Gasteiger partial charge is 0.484 e. The molecule has 3 rings (SSSR count). The van der Waals surface area contributed by atoms with Gasteiger partial charge in [0.25, 0.3) is 5.91 Å². The molecule has 1 aromatic heterocycles. The fourth-order valence-corrected chi connectivity index (χ4v) is 2.41. The van der Waals surface area contributed by atoms with E-state index in [0.29, 0.717) is 25.4 Å². The number of ether oxygens (including phenoxy) is 2. The van der Waals surface area contributed by atoms with Crippen LogP contribution in [0, 0.1) is 0 Å². The number of nitrogens with zero attached hydrogens (tertiary/aromatic N) is 2. The smallest absolute Gasteiger partial charge is 0.260 e. The number of carbonyl (C=O) groups is 1. The normalized spacial score (nSPS) is 18.0. The summed E-state index contributed by atoms with van der Waals surface area (Å²) in [6, 6.07) is 13.2. The highest BCUT2D eigenvalue weighted by Gasteiger charge is 2.25.